The largest absolute Gasteiger partial charge is 0.0622 e. The molecule has 0 saturated heterocycles. The first-order valence-electron chi connectivity index (χ1n) is 15.3. The Morgan fingerprint density at radius 1 is 0.182 bits per heavy atom. The minimum Gasteiger partial charge on any atom is -0.0622 e. The lowest BCUT2D eigenvalue weighted by atomic mass is 9.94. The molecule has 0 aromatic heterocycles. The number of hydrogen-bond acceptors (Lipinski definition) is 0. The third-order valence-electron chi connectivity index (χ3n) is 9.27. The summed E-state index contributed by atoms with van der Waals surface area (Å²) in [6, 6.07) is 61.1. The first-order valence-corrected chi connectivity index (χ1v) is 15.3. The van der Waals surface area contributed by atoms with Crippen LogP contribution in [-0.2, 0) is 0 Å². The molecule has 0 spiro atoms. The van der Waals surface area contributed by atoms with E-state index >= 15 is 0 Å². The number of fused-ring (bicyclic) bond motifs is 6. The molecule has 0 heterocycles. The van der Waals surface area contributed by atoms with E-state index < -0.39 is 0 Å². The van der Waals surface area contributed by atoms with Crippen LogP contribution in [0, 0.1) is 0 Å². The summed E-state index contributed by atoms with van der Waals surface area (Å²) in [6.45, 7) is 0. The minimum absolute atomic E-state index is 1.28. The average Bonchev–Trinajstić information content (AvgIpc) is 3.61. The smallest absolute Gasteiger partial charge is 0.00201 e. The van der Waals surface area contributed by atoms with Crippen molar-refractivity contribution in [2.24, 2.45) is 0 Å². The highest BCUT2D eigenvalue weighted by Gasteiger charge is 2.23. The fraction of sp³-hybridized carbons (Fsp3) is 0. The van der Waals surface area contributed by atoms with Gasteiger partial charge in [0.25, 0.3) is 0 Å². The molecule has 0 radical (unpaired) electrons. The van der Waals surface area contributed by atoms with E-state index in [0.29, 0.717) is 0 Å². The highest BCUT2D eigenvalue weighted by atomic mass is 14.3. The van der Waals surface area contributed by atoms with Crippen molar-refractivity contribution >= 4 is 21.5 Å². The third kappa shape index (κ3) is 3.71. The summed E-state index contributed by atoms with van der Waals surface area (Å²) >= 11 is 0. The van der Waals surface area contributed by atoms with Gasteiger partial charge in [-0.15, -0.1) is 0 Å². The Hall–Kier alpha value is -5.72. The summed E-state index contributed by atoms with van der Waals surface area (Å²) in [4.78, 5) is 0. The second kappa shape index (κ2) is 9.93. The van der Waals surface area contributed by atoms with Gasteiger partial charge in [0.05, 0.1) is 0 Å². The maximum absolute atomic E-state index is 2.28. The molecule has 8 aromatic carbocycles. The summed E-state index contributed by atoms with van der Waals surface area (Å²) < 4.78 is 0. The van der Waals surface area contributed by atoms with Crippen molar-refractivity contribution in [1.82, 2.24) is 0 Å². The highest BCUT2D eigenvalue weighted by Crippen LogP contribution is 2.50. The summed E-state index contributed by atoms with van der Waals surface area (Å²) in [7, 11) is 0. The Kier molecular flexibility index (Phi) is 5.61. The van der Waals surface area contributed by atoms with Crippen LogP contribution in [0.15, 0.2) is 170 Å². The molecule has 2 aliphatic rings. The normalized spacial score (nSPS) is 11.6. The molecule has 204 valence electrons. The van der Waals surface area contributed by atoms with E-state index in [2.05, 4.69) is 170 Å². The van der Waals surface area contributed by atoms with Crippen LogP contribution >= 0.6 is 0 Å². The van der Waals surface area contributed by atoms with Gasteiger partial charge in [0.15, 0.2) is 0 Å². The van der Waals surface area contributed by atoms with Gasteiger partial charge in [-0.3, -0.25) is 0 Å². The van der Waals surface area contributed by atoms with Crippen LogP contribution < -0.4 is 0 Å². The lowest BCUT2D eigenvalue weighted by Crippen LogP contribution is -1.82. The number of benzene rings is 8. The molecule has 0 amide bonds. The summed E-state index contributed by atoms with van der Waals surface area (Å²) in [5, 5.41) is 5.48. The number of rotatable bonds is 2. The van der Waals surface area contributed by atoms with E-state index in [-0.39, 0.29) is 0 Å². The van der Waals surface area contributed by atoms with Gasteiger partial charge in [0, 0.05) is 0 Å². The van der Waals surface area contributed by atoms with Crippen LogP contribution in [0.3, 0.4) is 0 Å². The number of hydrogen-bond donors (Lipinski definition) is 0. The van der Waals surface area contributed by atoms with Crippen LogP contribution in [0.25, 0.3) is 88.3 Å². The Morgan fingerprint density at radius 3 is 0.864 bits per heavy atom. The third-order valence-corrected chi connectivity index (χ3v) is 9.27. The van der Waals surface area contributed by atoms with Crippen molar-refractivity contribution in [2.45, 2.75) is 0 Å². The van der Waals surface area contributed by atoms with Gasteiger partial charge in [-0.1, -0.05) is 170 Å². The molecule has 0 aliphatic heterocycles. The molecular formula is C44H28. The van der Waals surface area contributed by atoms with Crippen LogP contribution in [0.4, 0.5) is 0 Å². The first-order chi connectivity index (χ1) is 21.9. The van der Waals surface area contributed by atoms with Gasteiger partial charge in [-0.2, -0.15) is 0 Å². The second-order valence-electron chi connectivity index (χ2n) is 11.6. The molecule has 8 aromatic rings. The van der Waals surface area contributed by atoms with Crippen LogP contribution in [0.2, 0.25) is 0 Å². The highest BCUT2D eigenvalue weighted by molar-refractivity contribution is 6.19. The molecule has 0 nitrogen and oxygen atoms in total. The first kappa shape index (κ1) is 24.8. The van der Waals surface area contributed by atoms with Gasteiger partial charge < -0.3 is 0 Å². The Bertz CT molecular complexity index is 2130. The van der Waals surface area contributed by atoms with Gasteiger partial charge in [0.2, 0.25) is 0 Å². The Labute approximate surface area is 257 Å². The summed E-state index contributed by atoms with van der Waals surface area (Å²) in [5.74, 6) is 0. The quantitative estimate of drug-likeness (QED) is 0.199. The van der Waals surface area contributed by atoms with Gasteiger partial charge in [-0.05, 0) is 88.3 Å². The lowest BCUT2D eigenvalue weighted by Gasteiger charge is -2.09. The zero-order chi connectivity index (χ0) is 29.0. The molecule has 0 bridgehead atoms. The maximum atomic E-state index is 2.28. The summed E-state index contributed by atoms with van der Waals surface area (Å²) in [6.07, 6.45) is 0. The molecule has 0 unspecified atom stereocenters. The molecule has 0 atom stereocenters. The van der Waals surface area contributed by atoms with Crippen molar-refractivity contribution in [1.29, 1.82) is 0 Å². The molecule has 0 saturated carbocycles. The van der Waals surface area contributed by atoms with E-state index in [9.17, 15) is 0 Å². The fourth-order valence-electron chi connectivity index (χ4n) is 7.36. The molecule has 10 rings (SSSR count). The van der Waals surface area contributed by atoms with Crippen molar-refractivity contribution in [2.75, 3.05) is 0 Å². The SMILES string of the molecule is c1ccc(-c2ccc3c4c(cccc24)-c2ccccc2-3)cc1.c1ccc(-c2ccc3c4c(cccc24)-c2ccccc2-3)cc1. The molecule has 0 fully saturated rings. The van der Waals surface area contributed by atoms with E-state index in [1.54, 1.807) is 0 Å². The molecule has 0 heteroatoms. The van der Waals surface area contributed by atoms with Gasteiger partial charge >= 0.3 is 0 Å². The van der Waals surface area contributed by atoms with Crippen LogP contribution in [0.5, 0.6) is 0 Å². The second-order valence-corrected chi connectivity index (χ2v) is 11.6. The zero-order valence-corrected chi connectivity index (χ0v) is 24.2. The Morgan fingerprint density at radius 2 is 0.477 bits per heavy atom. The predicted molar refractivity (Wildman–Crippen MR) is 188 cm³/mol. The summed E-state index contributed by atoms with van der Waals surface area (Å²) in [5.41, 5.74) is 16.1. The van der Waals surface area contributed by atoms with Crippen LogP contribution in [-0.4, -0.2) is 0 Å². The standard InChI is InChI=1S/2C22H14/c2*1-2-7-15(8-3-1)16-13-14-21-18-10-5-4-9-17(18)20-12-6-11-19(16)22(20)21/h2*1-14H. The minimum atomic E-state index is 1.28. The van der Waals surface area contributed by atoms with Crippen molar-refractivity contribution in [3.8, 4) is 66.8 Å². The predicted octanol–water partition coefficient (Wildman–Crippen LogP) is 12.3. The molecule has 2 aliphatic carbocycles. The van der Waals surface area contributed by atoms with E-state index in [1.807, 2.05) is 0 Å². The molecule has 44 heavy (non-hydrogen) atoms. The monoisotopic (exact) mass is 556 g/mol. The average molecular weight is 557 g/mol. The maximum Gasteiger partial charge on any atom is -0.00201 e. The topological polar surface area (TPSA) is 0 Å². The van der Waals surface area contributed by atoms with E-state index in [0.717, 1.165) is 0 Å². The van der Waals surface area contributed by atoms with Crippen molar-refractivity contribution in [3.05, 3.63) is 170 Å². The van der Waals surface area contributed by atoms with Crippen molar-refractivity contribution in [3.63, 3.8) is 0 Å². The molecule has 0 N–H and O–H groups in total. The Balaban J connectivity index is 0.000000123. The fourth-order valence-corrected chi connectivity index (χ4v) is 7.36. The van der Waals surface area contributed by atoms with E-state index in [4.69, 9.17) is 0 Å². The zero-order valence-electron chi connectivity index (χ0n) is 24.2. The van der Waals surface area contributed by atoms with Crippen molar-refractivity contribution < 1.29 is 0 Å². The molecular weight excluding hydrogens is 528 g/mol. The van der Waals surface area contributed by atoms with Gasteiger partial charge in [-0.25, -0.2) is 0 Å². The van der Waals surface area contributed by atoms with Gasteiger partial charge in [0.1, 0.15) is 0 Å². The lowest BCUT2D eigenvalue weighted by molar-refractivity contribution is 1.66. The van der Waals surface area contributed by atoms with E-state index in [1.165, 1.54) is 88.3 Å². The van der Waals surface area contributed by atoms with Crippen LogP contribution in [0.1, 0.15) is 0 Å².